The highest BCUT2D eigenvalue weighted by Gasteiger charge is 2.33. The van der Waals surface area contributed by atoms with Gasteiger partial charge in [0, 0.05) is 23.7 Å². The van der Waals surface area contributed by atoms with Crippen molar-refractivity contribution in [2.45, 2.75) is 11.0 Å². The molecule has 4 nitrogen and oxygen atoms in total. The number of halogens is 2. The van der Waals surface area contributed by atoms with Crippen LogP contribution in [0.5, 0.6) is 0 Å². The maximum atomic E-state index is 12.8. The van der Waals surface area contributed by atoms with Crippen molar-refractivity contribution >= 4 is 33.2 Å². The molecule has 1 aliphatic heterocycles. The van der Waals surface area contributed by atoms with Crippen molar-refractivity contribution in [3.63, 3.8) is 0 Å². The Balaban J connectivity index is 1.90. The molecule has 2 aromatic carbocycles. The zero-order chi connectivity index (χ0) is 16.4. The summed E-state index contributed by atoms with van der Waals surface area (Å²) in [7, 11) is -3.67. The van der Waals surface area contributed by atoms with Crippen molar-refractivity contribution in [3.05, 3.63) is 64.1 Å². The number of nitrogens with zero attached hydrogens (tertiary/aromatic N) is 1. The van der Waals surface area contributed by atoms with Crippen LogP contribution in [0.1, 0.15) is 11.7 Å². The van der Waals surface area contributed by atoms with Gasteiger partial charge in [-0.2, -0.15) is 4.31 Å². The van der Waals surface area contributed by atoms with Crippen LogP contribution < -0.4 is 0 Å². The van der Waals surface area contributed by atoms with E-state index in [1.165, 1.54) is 10.4 Å². The zero-order valence-electron chi connectivity index (χ0n) is 12.2. The van der Waals surface area contributed by atoms with Gasteiger partial charge in [-0.1, -0.05) is 53.5 Å². The molecule has 3 rings (SSSR count). The summed E-state index contributed by atoms with van der Waals surface area (Å²) in [5.41, 5.74) is 0.785. The van der Waals surface area contributed by atoms with E-state index >= 15 is 0 Å². The second kappa shape index (κ2) is 6.79. The lowest BCUT2D eigenvalue weighted by molar-refractivity contribution is -0.00249. The van der Waals surface area contributed by atoms with Gasteiger partial charge in [0.25, 0.3) is 0 Å². The van der Waals surface area contributed by atoms with E-state index in [1.807, 2.05) is 18.2 Å². The molecule has 0 radical (unpaired) electrons. The van der Waals surface area contributed by atoms with Gasteiger partial charge in [-0.3, -0.25) is 0 Å². The van der Waals surface area contributed by atoms with Crippen LogP contribution in [0.4, 0.5) is 0 Å². The molecule has 122 valence electrons. The standard InChI is InChI=1S/C16H15Cl2NO3S/c17-13-6-2-1-5-12(13)15-11-19(9-10-22-15)23(20,21)16-8-4-3-7-14(16)18/h1-8,15H,9-11H2. The van der Waals surface area contributed by atoms with Crippen LogP contribution in [0.15, 0.2) is 53.4 Å². The molecule has 0 aromatic heterocycles. The Morgan fingerprint density at radius 2 is 1.65 bits per heavy atom. The first-order valence-electron chi connectivity index (χ1n) is 7.11. The van der Waals surface area contributed by atoms with Crippen LogP contribution in [-0.2, 0) is 14.8 Å². The molecule has 0 aliphatic carbocycles. The molecule has 1 heterocycles. The fraction of sp³-hybridized carbons (Fsp3) is 0.250. The molecule has 0 spiro atoms. The van der Waals surface area contributed by atoms with Gasteiger partial charge in [0.15, 0.2) is 0 Å². The monoisotopic (exact) mass is 371 g/mol. The van der Waals surface area contributed by atoms with Crippen LogP contribution in [0.2, 0.25) is 10.0 Å². The normalized spacial score (nSPS) is 19.7. The summed E-state index contributed by atoms with van der Waals surface area (Å²) < 4.78 is 32.8. The molecule has 1 atom stereocenters. The lowest BCUT2D eigenvalue weighted by Gasteiger charge is -2.32. The molecule has 1 saturated heterocycles. The third-order valence-electron chi connectivity index (χ3n) is 3.74. The van der Waals surface area contributed by atoms with Gasteiger partial charge < -0.3 is 4.74 Å². The first-order chi connectivity index (χ1) is 11.0. The molecular formula is C16H15Cl2NO3S. The Morgan fingerprint density at radius 3 is 2.35 bits per heavy atom. The number of morpholine rings is 1. The highest BCUT2D eigenvalue weighted by molar-refractivity contribution is 7.89. The quantitative estimate of drug-likeness (QED) is 0.824. The van der Waals surface area contributed by atoms with Crippen molar-refractivity contribution in [2.75, 3.05) is 19.7 Å². The van der Waals surface area contributed by atoms with Gasteiger partial charge >= 0.3 is 0 Å². The van der Waals surface area contributed by atoms with E-state index in [-0.39, 0.29) is 23.0 Å². The van der Waals surface area contributed by atoms with Crippen LogP contribution in [0, 0.1) is 0 Å². The smallest absolute Gasteiger partial charge is 0.244 e. The van der Waals surface area contributed by atoms with Crippen LogP contribution >= 0.6 is 23.2 Å². The molecule has 0 saturated carbocycles. The SMILES string of the molecule is O=S(=O)(c1ccccc1Cl)N1CCOC(c2ccccc2Cl)C1. The number of ether oxygens (including phenoxy) is 1. The first-order valence-corrected chi connectivity index (χ1v) is 9.30. The van der Waals surface area contributed by atoms with Crippen LogP contribution in [-0.4, -0.2) is 32.4 Å². The van der Waals surface area contributed by atoms with Crippen molar-refractivity contribution in [1.82, 2.24) is 4.31 Å². The fourth-order valence-corrected chi connectivity index (χ4v) is 4.74. The molecule has 0 N–H and O–H groups in total. The minimum atomic E-state index is -3.67. The van der Waals surface area contributed by atoms with E-state index < -0.39 is 16.1 Å². The van der Waals surface area contributed by atoms with Gasteiger partial charge in [-0.15, -0.1) is 0 Å². The first kappa shape index (κ1) is 16.7. The minimum Gasteiger partial charge on any atom is -0.371 e. The third-order valence-corrected chi connectivity index (χ3v) is 6.44. The minimum absolute atomic E-state index is 0.112. The summed E-state index contributed by atoms with van der Waals surface area (Å²) in [6, 6.07) is 13.7. The van der Waals surface area contributed by atoms with Gasteiger partial charge in [0.05, 0.1) is 17.7 Å². The number of hydrogen-bond donors (Lipinski definition) is 0. The molecule has 1 unspecified atom stereocenters. The van der Waals surface area contributed by atoms with Crippen molar-refractivity contribution in [3.8, 4) is 0 Å². The van der Waals surface area contributed by atoms with Crippen molar-refractivity contribution in [2.24, 2.45) is 0 Å². The largest absolute Gasteiger partial charge is 0.371 e. The molecule has 1 fully saturated rings. The Labute approximate surface area is 145 Å². The molecule has 7 heteroatoms. The van der Waals surface area contributed by atoms with E-state index in [0.717, 1.165) is 5.56 Å². The number of sulfonamides is 1. The van der Waals surface area contributed by atoms with Crippen LogP contribution in [0.25, 0.3) is 0 Å². The molecule has 0 bridgehead atoms. The fourth-order valence-electron chi connectivity index (χ4n) is 2.56. The summed E-state index contributed by atoms with van der Waals surface area (Å²) in [5, 5.41) is 0.780. The number of rotatable bonds is 3. The van der Waals surface area contributed by atoms with Gasteiger partial charge in [0.1, 0.15) is 4.90 Å². The van der Waals surface area contributed by atoms with Gasteiger partial charge in [-0.25, -0.2) is 8.42 Å². The topological polar surface area (TPSA) is 46.6 Å². The summed E-state index contributed by atoms with van der Waals surface area (Å²) in [6.07, 6.45) is -0.394. The number of benzene rings is 2. The van der Waals surface area contributed by atoms with Crippen LogP contribution in [0.3, 0.4) is 0 Å². The second-order valence-corrected chi connectivity index (χ2v) is 7.90. The lowest BCUT2D eigenvalue weighted by Crippen LogP contribution is -2.42. The van der Waals surface area contributed by atoms with E-state index in [9.17, 15) is 8.42 Å². The highest BCUT2D eigenvalue weighted by atomic mass is 35.5. The Morgan fingerprint density at radius 1 is 1.00 bits per heavy atom. The Hall–Kier alpha value is -1.11. The Bertz CT molecular complexity index is 810. The second-order valence-electron chi connectivity index (χ2n) is 5.17. The molecule has 0 amide bonds. The zero-order valence-corrected chi connectivity index (χ0v) is 14.5. The maximum absolute atomic E-state index is 12.8. The van der Waals surface area contributed by atoms with Crippen molar-refractivity contribution < 1.29 is 13.2 Å². The summed E-state index contributed by atoms with van der Waals surface area (Å²) in [6.45, 7) is 0.797. The summed E-state index contributed by atoms with van der Waals surface area (Å²) in [5.74, 6) is 0. The maximum Gasteiger partial charge on any atom is 0.244 e. The Kier molecular flexibility index (Phi) is 4.94. The molecule has 2 aromatic rings. The third kappa shape index (κ3) is 3.39. The van der Waals surface area contributed by atoms with E-state index in [2.05, 4.69) is 0 Å². The highest BCUT2D eigenvalue weighted by Crippen LogP contribution is 2.32. The number of hydrogen-bond acceptors (Lipinski definition) is 3. The molecule has 23 heavy (non-hydrogen) atoms. The van der Waals surface area contributed by atoms with E-state index in [4.69, 9.17) is 27.9 Å². The molecule has 1 aliphatic rings. The summed E-state index contributed by atoms with van der Waals surface area (Å²) in [4.78, 5) is 0.112. The molecular weight excluding hydrogens is 357 g/mol. The van der Waals surface area contributed by atoms with E-state index in [1.54, 1.807) is 24.3 Å². The average molecular weight is 372 g/mol. The lowest BCUT2D eigenvalue weighted by atomic mass is 10.1. The van der Waals surface area contributed by atoms with E-state index in [0.29, 0.717) is 11.6 Å². The predicted octanol–water partition coefficient (Wildman–Crippen LogP) is 3.76. The predicted molar refractivity (Wildman–Crippen MR) is 90.4 cm³/mol. The summed E-state index contributed by atoms with van der Waals surface area (Å²) >= 11 is 12.2. The van der Waals surface area contributed by atoms with Crippen molar-refractivity contribution in [1.29, 1.82) is 0 Å². The van der Waals surface area contributed by atoms with Gasteiger partial charge in [0.2, 0.25) is 10.0 Å². The van der Waals surface area contributed by atoms with Gasteiger partial charge in [-0.05, 0) is 18.2 Å². The average Bonchev–Trinajstić information content (AvgIpc) is 2.55.